The van der Waals surface area contributed by atoms with Gasteiger partial charge in [-0.05, 0) is 37.5 Å². The van der Waals surface area contributed by atoms with Gasteiger partial charge in [-0.3, -0.25) is 24.1 Å². The molecule has 26 heavy (non-hydrogen) atoms. The molecule has 0 spiro atoms. The van der Waals surface area contributed by atoms with Gasteiger partial charge in [0.25, 0.3) is 0 Å². The van der Waals surface area contributed by atoms with Crippen LogP contribution in [0.3, 0.4) is 0 Å². The fourth-order valence-electron chi connectivity index (χ4n) is 3.81. The van der Waals surface area contributed by atoms with E-state index in [0.717, 1.165) is 25.7 Å². The number of nitrogens with zero attached hydrogens (tertiary/aromatic N) is 1. The molecule has 0 bridgehead atoms. The summed E-state index contributed by atoms with van der Waals surface area (Å²) in [7, 11) is 0. The molecule has 3 amide bonds. The highest BCUT2D eigenvalue weighted by Crippen LogP contribution is 2.32. The molecule has 1 saturated heterocycles. The summed E-state index contributed by atoms with van der Waals surface area (Å²) in [5.74, 6) is 0.0415. The van der Waals surface area contributed by atoms with Crippen LogP contribution < -0.4 is 5.32 Å². The summed E-state index contributed by atoms with van der Waals surface area (Å²) < 4.78 is 0. The zero-order valence-corrected chi connectivity index (χ0v) is 16.4. The second-order valence-electron chi connectivity index (χ2n) is 8.45. The number of amides is 3. The van der Waals surface area contributed by atoms with Crippen LogP contribution in [0, 0.1) is 29.6 Å². The highest BCUT2D eigenvalue weighted by molar-refractivity contribution is 6.03. The molecule has 0 aromatic carbocycles. The van der Waals surface area contributed by atoms with Gasteiger partial charge in [0.1, 0.15) is 0 Å². The van der Waals surface area contributed by atoms with Crippen LogP contribution in [0.2, 0.25) is 0 Å². The quantitative estimate of drug-likeness (QED) is 0.702. The lowest BCUT2D eigenvalue weighted by Gasteiger charge is -2.30. The largest absolute Gasteiger partial charge is 0.349 e. The second-order valence-corrected chi connectivity index (χ2v) is 8.45. The second kappa shape index (κ2) is 8.78. The maximum atomic E-state index is 12.4. The molecular formula is C20H32N2O4. The molecule has 0 aromatic heterocycles. The van der Waals surface area contributed by atoms with Crippen LogP contribution in [-0.2, 0) is 19.2 Å². The van der Waals surface area contributed by atoms with Crippen molar-refractivity contribution in [3.05, 3.63) is 0 Å². The number of carbonyl (C=O) groups excluding carboxylic acids is 4. The van der Waals surface area contributed by atoms with E-state index >= 15 is 0 Å². The molecule has 1 aliphatic carbocycles. The minimum absolute atomic E-state index is 0.0305. The summed E-state index contributed by atoms with van der Waals surface area (Å²) in [6.45, 7) is 8.19. The maximum Gasteiger partial charge on any atom is 0.233 e. The molecule has 1 unspecified atom stereocenters. The maximum absolute atomic E-state index is 12.4. The Bertz CT molecular complexity index is 562. The number of imide groups is 1. The number of rotatable bonds is 7. The van der Waals surface area contributed by atoms with Gasteiger partial charge in [-0.2, -0.15) is 0 Å². The first-order valence-electron chi connectivity index (χ1n) is 9.85. The van der Waals surface area contributed by atoms with Gasteiger partial charge in [-0.1, -0.05) is 27.7 Å². The van der Waals surface area contributed by atoms with Gasteiger partial charge in [0, 0.05) is 30.7 Å². The van der Waals surface area contributed by atoms with Gasteiger partial charge in [-0.15, -0.1) is 0 Å². The molecule has 1 N–H and O–H groups in total. The van der Waals surface area contributed by atoms with Crippen LogP contribution in [0.25, 0.3) is 0 Å². The minimum Gasteiger partial charge on any atom is -0.349 e. The highest BCUT2D eigenvalue weighted by Gasteiger charge is 2.41. The standard InChI is InChI=1S/C20H32N2O4/c1-12(2)16-9-18(24)22(20(16)26)11-14-5-7-15(8-6-14)19(25)21-10-17(23)13(3)4/h12-16H,5-11H2,1-4H3,(H,21,25). The van der Waals surface area contributed by atoms with Crippen molar-refractivity contribution in [1.29, 1.82) is 0 Å². The summed E-state index contributed by atoms with van der Waals surface area (Å²) in [4.78, 5) is 49.9. The summed E-state index contributed by atoms with van der Waals surface area (Å²) in [5, 5.41) is 2.75. The first kappa shape index (κ1) is 20.6. The van der Waals surface area contributed by atoms with Crippen LogP contribution >= 0.6 is 0 Å². The topological polar surface area (TPSA) is 83.6 Å². The van der Waals surface area contributed by atoms with E-state index in [1.807, 2.05) is 27.7 Å². The molecule has 6 heteroatoms. The van der Waals surface area contributed by atoms with Crippen LogP contribution in [0.4, 0.5) is 0 Å². The van der Waals surface area contributed by atoms with Crippen molar-refractivity contribution < 1.29 is 19.2 Å². The van der Waals surface area contributed by atoms with E-state index < -0.39 is 0 Å². The third-order valence-corrected chi connectivity index (χ3v) is 5.82. The first-order valence-corrected chi connectivity index (χ1v) is 9.85. The predicted octanol–water partition coefficient (Wildman–Crippen LogP) is 2.17. The zero-order chi connectivity index (χ0) is 19.4. The Morgan fingerprint density at radius 2 is 1.69 bits per heavy atom. The molecule has 0 radical (unpaired) electrons. The molecule has 2 aliphatic rings. The van der Waals surface area contributed by atoms with E-state index in [9.17, 15) is 19.2 Å². The highest BCUT2D eigenvalue weighted by atomic mass is 16.2. The van der Waals surface area contributed by atoms with Crippen molar-refractivity contribution in [3.63, 3.8) is 0 Å². The van der Waals surface area contributed by atoms with Crippen molar-refractivity contribution in [1.82, 2.24) is 10.2 Å². The molecule has 1 heterocycles. The van der Waals surface area contributed by atoms with Gasteiger partial charge in [0.2, 0.25) is 17.7 Å². The van der Waals surface area contributed by atoms with Crippen LogP contribution in [0.1, 0.15) is 59.8 Å². The van der Waals surface area contributed by atoms with Crippen molar-refractivity contribution in [2.24, 2.45) is 29.6 Å². The molecule has 1 aliphatic heterocycles. The van der Waals surface area contributed by atoms with Crippen LogP contribution in [-0.4, -0.2) is 41.5 Å². The van der Waals surface area contributed by atoms with E-state index in [0.29, 0.717) is 13.0 Å². The van der Waals surface area contributed by atoms with Gasteiger partial charge >= 0.3 is 0 Å². The van der Waals surface area contributed by atoms with Crippen molar-refractivity contribution in [2.45, 2.75) is 59.8 Å². The number of nitrogens with one attached hydrogen (secondary N) is 1. The monoisotopic (exact) mass is 364 g/mol. The third kappa shape index (κ3) is 4.92. The van der Waals surface area contributed by atoms with Gasteiger partial charge in [0.15, 0.2) is 5.78 Å². The summed E-state index contributed by atoms with van der Waals surface area (Å²) >= 11 is 0. The fourth-order valence-corrected chi connectivity index (χ4v) is 3.81. The summed E-state index contributed by atoms with van der Waals surface area (Å²) in [5.41, 5.74) is 0. The van der Waals surface area contributed by atoms with Crippen molar-refractivity contribution >= 4 is 23.5 Å². The third-order valence-electron chi connectivity index (χ3n) is 5.82. The summed E-state index contributed by atoms with van der Waals surface area (Å²) in [6.07, 6.45) is 3.49. The molecule has 1 saturated carbocycles. The number of likely N-dealkylation sites (tertiary alicyclic amines) is 1. The zero-order valence-electron chi connectivity index (χ0n) is 16.4. The summed E-state index contributed by atoms with van der Waals surface area (Å²) in [6, 6.07) is 0. The smallest absolute Gasteiger partial charge is 0.233 e. The Hall–Kier alpha value is -1.72. The van der Waals surface area contributed by atoms with Crippen LogP contribution in [0.15, 0.2) is 0 Å². The number of hydrogen-bond donors (Lipinski definition) is 1. The molecular weight excluding hydrogens is 332 g/mol. The Morgan fingerprint density at radius 3 is 2.19 bits per heavy atom. The van der Waals surface area contributed by atoms with E-state index in [2.05, 4.69) is 5.32 Å². The van der Waals surface area contributed by atoms with Gasteiger partial charge < -0.3 is 5.32 Å². The first-order chi connectivity index (χ1) is 12.2. The lowest BCUT2D eigenvalue weighted by atomic mass is 9.81. The fraction of sp³-hybridized carbons (Fsp3) is 0.800. The number of hydrogen-bond acceptors (Lipinski definition) is 4. The average Bonchev–Trinajstić information content (AvgIpc) is 2.88. The van der Waals surface area contributed by atoms with Crippen molar-refractivity contribution in [2.75, 3.05) is 13.1 Å². The molecule has 0 aromatic rings. The number of carbonyl (C=O) groups is 4. The average molecular weight is 364 g/mol. The SMILES string of the molecule is CC(C)C(=O)CNC(=O)C1CCC(CN2C(=O)CC(C(C)C)C2=O)CC1. The molecule has 1 atom stereocenters. The van der Waals surface area contributed by atoms with Crippen LogP contribution in [0.5, 0.6) is 0 Å². The van der Waals surface area contributed by atoms with Gasteiger partial charge in [-0.25, -0.2) is 0 Å². The number of Topliss-reactive ketones (excluding diaryl/α,β-unsaturated/α-hetero) is 1. The van der Waals surface area contributed by atoms with Gasteiger partial charge in [0.05, 0.1) is 6.54 Å². The minimum atomic E-state index is -0.178. The lowest BCUT2D eigenvalue weighted by Crippen LogP contribution is -2.40. The number of ketones is 1. The molecule has 2 rings (SSSR count). The van der Waals surface area contributed by atoms with E-state index in [4.69, 9.17) is 0 Å². The Balaban J connectivity index is 1.78. The molecule has 146 valence electrons. The predicted molar refractivity (Wildman–Crippen MR) is 98.0 cm³/mol. The Morgan fingerprint density at radius 1 is 1.08 bits per heavy atom. The Kier molecular flexibility index (Phi) is 6.95. The van der Waals surface area contributed by atoms with Crippen molar-refractivity contribution in [3.8, 4) is 0 Å². The molecule has 6 nitrogen and oxygen atoms in total. The lowest BCUT2D eigenvalue weighted by molar-refractivity contribution is -0.141. The van der Waals surface area contributed by atoms with E-state index in [1.54, 1.807) is 0 Å². The van der Waals surface area contributed by atoms with E-state index in [1.165, 1.54) is 4.90 Å². The Labute approximate surface area is 156 Å². The molecule has 2 fully saturated rings. The van der Waals surface area contributed by atoms with E-state index in [-0.39, 0.29) is 59.6 Å². The normalized spacial score (nSPS) is 26.7.